The van der Waals surface area contributed by atoms with Crippen molar-refractivity contribution in [1.29, 1.82) is 0 Å². The highest BCUT2D eigenvalue weighted by Gasteiger charge is 2.14. The van der Waals surface area contributed by atoms with Gasteiger partial charge in [-0.3, -0.25) is 18.7 Å². The number of aryl methyl sites for hydroxylation is 2. The minimum atomic E-state index is -0.380. The van der Waals surface area contributed by atoms with Crippen LogP contribution in [0.1, 0.15) is 6.42 Å². The largest absolute Gasteiger partial charge is 0.468 e. The monoisotopic (exact) mass is 326 g/mol. The van der Waals surface area contributed by atoms with Gasteiger partial charge < -0.3 is 9.30 Å². The molecular formula is C13H18N4O4S. The van der Waals surface area contributed by atoms with E-state index in [2.05, 4.69) is 9.72 Å². The Morgan fingerprint density at radius 2 is 2.09 bits per heavy atom. The lowest BCUT2D eigenvalue weighted by Gasteiger charge is -2.08. The van der Waals surface area contributed by atoms with Crippen molar-refractivity contribution in [3.05, 3.63) is 27.2 Å². The molecular weight excluding hydrogens is 308 g/mol. The van der Waals surface area contributed by atoms with Crippen molar-refractivity contribution < 1.29 is 9.53 Å². The summed E-state index contributed by atoms with van der Waals surface area (Å²) in [4.78, 5) is 39.7. The topological polar surface area (TPSA) is 88.1 Å². The number of carbonyl (C=O) groups excluding carboxylic acids is 1. The van der Waals surface area contributed by atoms with Crippen molar-refractivity contribution in [2.45, 2.75) is 13.0 Å². The number of carbonyl (C=O) groups is 1. The lowest BCUT2D eigenvalue weighted by molar-refractivity contribution is -0.137. The molecule has 0 spiro atoms. The molecule has 0 N–H and O–H groups in total. The van der Waals surface area contributed by atoms with Crippen LogP contribution in [0, 0.1) is 0 Å². The SMILES string of the molecule is COC(=O)CSCCCn1c(=O)c2c(ncn2C)n(C)c1=O. The van der Waals surface area contributed by atoms with Gasteiger partial charge in [0.15, 0.2) is 11.2 Å². The highest BCUT2D eigenvalue weighted by Crippen LogP contribution is 2.05. The van der Waals surface area contributed by atoms with Crippen molar-refractivity contribution in [3.8, 4) is 0 Å². The van der Waals surface area contributed by atoms with E-state index in [0.717, 1.165) is 0 Å². The maximum Gasteiger partial charge on any atom is 0.332 e. The van der Waals surface area contributed by atoms with Crippen molar-refractivity contribution in [3.63, 3.8) is 0 Å². The predicted molar refractivity (Wildman–Crippen MR) is 84.2 cm³/mol. The van der Waals surface area contributed by atoms with Crippen LogP contribution in [-0.4, -0.2) is 43.3 Å². The van der Waals surface area contributed by atoms with Crippen LogP contribution in [0.25, 0.3) is 11.2 Å². The van der Waals surface area contributed by atoms with Gasteiger partial charge in [-0.05, 0) is 12.2 Å². The van der Waals surface area contributed by atoms with E-state index in [9.17, 15) is 14.4 Å². The van der Waals surface area contributed by atoms with E-state index in [1.165, 1.54) is 34.3 Å². The average Bonchev–Trinajstić information content (AvgIpc) is 2.89. The maximum absolute atomic E-state index is 12.4. The number of rotatable bonds is 6. The minimum Gasteiger partial charge on any atom is -0.468 e. The second-order valence-corrected chi connectivity index (χ2v) is 5.91. The molecule has 0 bridgehead atoms. The van der Waals surface area contributed by atoms with E-state index >= 15 is 0 Å². The molecule has 8 nitrogen and oxygen atoms in total. The molecule has 0 fully saturated rings. The Morgan fingerprint density at radius 1 is 1.36 bits per heavy atom. The zero-order valence-electron chi connectivity index (χ0n) is 12.7. The molecule has 0 radical (unpaired) electrons. The van der Waals surface area contributed by atoms with E-state index in [1.807, 2.05) is 0 Å². The fourth-order valence-electron chi connectivity index (χ4n) is 2.13. The van der Waals surface area contributed by atoms with Gasteiger partial charge in [-0.25, -0.2) is 9.78 Å². The molecule has 2 aromatic rings. The first-order valence-corrected chi connectivity index (χ1v) is 7.88. The molecule has 2 rings (SSSR count). The summed E-state index contributed by atoms with van der Waals surface area (Å²) < 4.78 is 8.74. The standard InChI is InChI=1S/C13H18N4O4S/c1-15-8-14-11-10(15)12(19)17(13(20)16(11)2)5-4-6-22-7-9(18)21-3/h8H,4-7H2,1-3H3. The number of thioether (sulfide) groups is 1. The molecule has 0 aromatic carbocycles. The quantitative estimate of drug-likeness (QED) is 0.536. The Hall–Kier alpha value is -2.03. The molecule has 0 aliphatic carbocycles. The summed E-state index contributed by atoms with van der Waals surface area (Å²) in [7, 11) is 4.66. The van der Waals surface area contributed by atoms with Crippen LogP contribution in [0.4, 0.5) is 0 Å². The first kappa shape index (κ1) is 16.3. The molecule has 0 aliphatic rings. The molecule has 9 heteroatoms. The van der Waals surface area contributed by atoms with Gasteiger partial charge in [-0.1, -0.05) is 0 Å². The predicted octanol–water partition coefficient (Wildman–Crippen LogP) is -0.270. The molecule has 0 amide bonds. The summed E-state index contributed by atoms with van der Waals surface area (Å²) in [6.45, 7) is 0.306. The van der Waals surface area contributed by atoms with Crippen LogP contribution >= 0.6 is 11.8 Å². The normalized spacial score (nSPS) is 11.0. The molecule has 22 heavy (non-hydrogen) atoms. The Labute approximate surface area is 130 Å². The van der Waals surface area contributed by atoms with E-state index in [0.29, 0.717) is 29.9 Å². The number of aromatic nitrogens is 4. The second kappa shape index (κ2) is 6.82. The Balaban J connectivity index is 2.15. The van der Waals surface area contributed by atoms with Crippen LogP contribution in [-0.2, 0) is 30.2 Å². The highest BCUT2D eigenvalue weighted by atomic mass is 32.2. The van der Waals surface area contributed by atoms with E-state index in [-0.39, 0.29) is 23.0 Å². The van der Waals surface area contributed by atoms with Gasteiger partial charge in [0.25, 0.3) is 5.56 Å². The van der Waals surface area contributed by atoms with Crippen LogP contribution in [0.3, 0.4) is 0 Å². The average molecular weight is 326 g/mol. The number of hydrogen-bond acceptors (Lipinski definition) is 6. The molecule has 0 atom stereocenters. The first-order chi connectivity index (χ1) is 10.5. The minimum absolute atomic E-state index is 0.268. The molecule has 120 valence electrons. The van der Waals surface area contributed by atoms with Gasteiger partial charge in [-0.2, -0.15) is 11.8 Å². The maximum atomic E-state index is 12.4. The van der Waals surface area contributed by atoms with Crippen LogP contribution < -0.4 is 11.2 Å². The Kier molecular flexibility index (Phi) is 5.07. The zero-order valence-corrected chi connectivity index (χ0v) is 13.6. The van der Waals surface area contributed by atoms with Crippen molar-refractivity contribution in [2.24, 2.45) is 14.1 Å². The van der Waals surface area contributed by atoms with Gasteiger partial charge in [0, 0.05) is 20.6 Å². The molecule has 2 heterocycles. The number of methoxy groups -OCH3 is 1. The van der Waals surface area contributed by atoms with E-state index in [4.69, 9.17) is 0 Å². The number of ether oxygens (including phenoxy) is 1. The fourth-order valence-corrected chi connectivity index (χ4v) is 2.89. The third kappa shape index (κ3) is 3.08. The van der Waals surface area contributed by atoms with Gasteiger partial charge in [0.05, 0.1) is 19.2 Å². The molecule has 0 saturated carbocycles. The third-order valence-corrected chi connectivity index (χ3v) is 4.34. The van der Waals surface area contributed by atoms with Gasteiger partial charge in [0.2, 0.25) is 0 Å². The number of imidazole rings is 1. The van der Waals surface area contributed by atoms with Crippen molar-refractivity contribution >= 4 is 28.9 Å². The van der Waals surface area contributed by atoms with Crippen molar-refractivity contribution in [1.82, 2.24) is 18.7 Å². The number of nitrogens with zero attached hydrogens (tertiary/aromatic N) is 4. The summed E-state index contributed by atoms with van der Waals surface area (Å²) >= 11 is 1.41. The highest BCUT2D eigenvalue weighted by molar-refractivity contribution is 7.99. The van der Waals surface area contributed by atoms with Crippen molar-refractivity contribution in [2.75, 3.05) is 18.6 Å². The Bertz CT molecular complexity index is 805. The van der Waals surface area contributed by atoms with E-state index < -0.39 is 0 Å². The van der Waals surface area contributed by atoms with Gasteiger partial charge in [0.1, 0.15) is 0 Å². The van der Waals surface area contributed by atoms with Crippen LogP contribution in [0.15, 0.2) is 15.9 Å². The lowest BCUT2D eigenvalue weighted by Crippen LogP contribution is -2.39. The van der Waals surface area contributed by atoms with Crippen LogP contribution in [0.5, 0.6) is 0 Å². The molecule has 2 aromatic heterocycles. The summed E-state index contributed by atoms with van der Waals surface area (Å²) in [5.74, 6) is 0.646. The van der Waals surface area contributed by atoms with E-state index in [1.54, 1.807) is 18.7 Å². The molecule has 0 unspecified atom stereocenters. The molecule has 0 aliphatic heterocycles. The third-order valence-electron chi connectivity index (χ3n) is 3.32. The second-order valence-electron chi connectivity index (χ2n) is 4.81. The fraction of sp³-hybridized carbons (Fsp3) is 0.538. The summed E-state index contributed by atoms with van der Waals surface area (Å²) in [6.07, 6.45) is 2.13. The summed E-state index contributed by atoms with van der Waals surface area (Å²) in [5, 5.41) is 0. The number of esters is 1. The summed E-state index contributed by atoms with van der Waals surface area (Å²) in [5.41, 5.74) is 0.0726. The number of hydrogen-bond donors (Lipinski definition) is 0. The number of fused-ring (bicyclic) bond motifs is 1. The van der Waals surface area contributed by atoms with Gasteiger partial charge in [-0.15, -0.1) is 0 Å². The summed E-state index contributed by atoms with van der Waals surface area (Å²) in [6, 6.07) is 0. The smallest absolute Gasteiger partial charge is 0.332 e. The first-order valence-electron chi connectivity index (χ1n) is 6.72. The van der Waals surface area contributed by atoms with Crippen LogP contribution in [0.2, 0.25) is 0 Å². The zero-order chi connectivity index (χ0) is 16.3. The molecule has 0 saturated heterocycles. The van der Waals surface area contributed by atoms with Gasteiger partial charge >= 0.3 is 11.7 Å². The lowest BCUT2D eigenvalue weighted by atomic mass is 10.4. The Morgan fingerprint density at radius 3 is 2.77 bits per heavy atom.